The third-order valence-corrected chi connectivity index (χ3v) is 5.96. The van der Waals surface area contributed by atoms with Gasteiger partial charge >= 0.3 is 5.97 Å². The van der Waals surface area contributed by atoms with Crippen LogP contribution in [0, 0.1) is 0 Å². The van der Waals surface area contributed by atoms with Crippen LogP contribution in [0.5, 0.6) is 5.75 Å². The van der Waals surface area contributed by atoms with E-state index in [1.807, 2.05) is 18.2 Å². The fourth-order valence-corrected chi connectivity index (χ4v) is 4.43. The molecule has 0 spiro atoms. The summed E-state index contributed by atoms with van der Waals surface area (Å²) in [7, 11) is 0. The molecule has 5 nitrogen and oxygen atoms in total. The van der Waals surface area contributed by atoms with E-state index in [0.717, 1.165) is 11.1 Å². The number of ether oxygens (including phenoxy) is 2. The lowest BCUT2D eigenvalue weighted by atomic mass is 10.2. The Morgan fingerprint density at radius 3 is 2.50 bits per heavy atom. The molecular weight excluding hydrogens is 561 g/mol. The Bertz CT molecular complexity index is 1170. The van der Waals surface area contributed by atoms with E-state index in [1.54, 1.807) is 30.3 Å². The van der Waals surface area contributed by atoms with Gasteiger partial charge in [0.05, 0.1) is 25.3 Å². The monoisotopic (exact) mass is 569 g/mol. The number of aliphatic imine (C=N–C) groups is 1. The van der Waals surface area contributed by atoms with E-state index in [-0.39, 0.29) is 11.6 Å². The highest BCUT2D eigenvalue weighted by molar-refractivity contribution is 9.11. The number of furan rings is 1. The van der Waals surface area contributed by atoms with Crippen molar-refractivity contribution < 1.29 is 18.7 Å². The van der Waals surface area contributed by atoms with E-state index in [2.05, 4.69) is 36.9 Å². The molecule has 0 bridgehead atoms. The highest BCUT2D eigenvalue weighted by atomic mass is 79.9. The molecule has 0 aliphatic carbocycles. The fourth-order valence-electron chi connectivity index (χ4n) is 2.66. The maximum absolute atomic E-state index is 12.1. The van der Waals surface area contributed by atoms with Crippen molar-refractivity contribution in [1.29, 1.82) is 0 Å². The number of esters is 1. The zero-order valence-electron chi connectivity index (χ0n) is 15.0. The van der Waals surface area contributed by atoms with Crippen molar-refractivity contribution in [3.05, 3.63) is 90.3 Å². The third kappa shape index (κ3) is 4.64. The fraction of sp³-hybridized carbons (Fsp3) is 0.0476. The van der Waals surface area contributed by atoms with Gasteiger partial charge < -0.3 is 13.9 Å². The Morgan fingerprint density at radius 2 is 1.83 bits per heavy atom. The number of halogens is 4. The largest absolute Gasteiger partial charge is 0.487 e. The number of hydrogen-bond acceptors (Lipinski definition) is 5. The predicted molar refractivity (Wildman–Crippen MR) is 122 cm³/mol. The first-order chi connectivity index (χ1) is 14.4. The van der Waals surface area contributed by atoms with Gasteiger partial charge in [-0.2, -0.15) is 0 Å². The van der Waals surface area contributed by atoms with Crippen molar-refractivity contribution in [3.63, 3.8) is 0 Å². The van der Waals surface area contributed by atoms with Gasteiger partial charge in [0, 0.05) is 0 Å². The van der Waals surface area contributed by atoms with Crippen LogP contribution in [0.15, 0.2) is 72.8 Å². The molecule has 0 saturated carbocycles. The van der Waals surface area contributed by atoms with Crippen molar-refractivity contribution in [2.75, 3.05) is 0 Å². The first-order valence-electron chi connectivity index (χ1n) is 8.53. The number of carbonyl (C=O) groups is 1. The SMILES string of the molecule is O=C1OC(c2ccco2)=N/C1=C\c1cc(Br)c(OCc2ccc(Cl)c(Cl)c2)c(Br)c1. The standard InChI is InChI=1S/C21H11Br2Cl2NO4/c22-13-6-12(9-17-21(27)30-20(26-17)18-2-1-5-28-18)7-14(23)19(13)29-10-11-3-4-15(24)16(25)8-11/h1-9H,10H2/b17-9-. The average Bonchev–Trinajstić information content (AvgIpc) is 3.34. The minimum Gasteiger partial charge on any atom is -0.487 e. The topological polar surface area (TPSA) is 61.0 Å². The van der Waals surface area contributed by atoms with Crippen LogP contribution in [0.25, 0.3) is 6.08 Å². The number of carbonyl (C=O) groups excluding carboxylic acids is 1. The summed E-state index contributed by atoms with van der Waals surface area (Å²) in [4.78, 5) is 16.3. The second kappa shape index (κ2) is 8.98. The number of cyclic esters (lactones) is 1. The molecule has 0 saturated heterocycles. The molecule has 30 heavy (non-hydrogen) atoms. The van der Waals surface area contributed by atoms with Gasteiger partial charge in [-0.15, -0.1) is 0 Å². The van der Waals surface area contributed by atoms with Crippen LogP contribution in [0.3, 0.4) is 0 Å². The molecule has 0 N–H and O–H groups in total. The molecule has 0 radical (unpaired) electrons. The second-order valence-corrected chi connectivity index (χ2v) is 8.69. The molecule has 3 aromatic rings. The molecule has 0 fully saturated rings. The minimum absolute atomic E-state index is 0.135. The van der Waals surface area contributed by atoms with Gasteiger partial charge in [-0.1, -0.05) is 29.3 Å². The number of benzene rings is 2. The molecule has 9 heteroatoms. The lowest BCUT2D eigenvalue weighted by Crippen LogP contribution is -2.04. The summed E-state index contributed by atoms with van der Waals surface area (Å²) < 4.78 is 17.7. The lowest BCUT2D eigenvalue weighted by Gasteiger charge is -2.12. The van der Waals surface area contributed by atoms with Crippen LogP contribution in [-0.4, -0.2) is 11.9 Å². The van der Waals surface area contributed by atoms with Gasteiger partial charge in [-0.25, -0.2) is 9.79 Å². The molecule has 2 heterocycles. The third-order valence-electron chi connectivity index (χ3n) is 4.04. The van der Waals surface area contributed by atoms with Crippen LogP contribution in [0.4, 0.5) is 0 Å². The average molecular weight is 572 g/mol. The Hall–Kier alpha value is -2.06. The lowest BCUT2D eigenvalue weighted by molar-refractivity contribution is -0.130. The Labute approximate surface area is 198 Å². The number of nitrogens with zero attached hydrogens (tertiary/aromatic N) is 1. The Morgan fingerprint density at radius 1 is 1.07 bits per heavy atom. The smallest absolute Gasteiger partial charge is 0.363 e. The second-order valence-electron chi connectivity index (χ2n) is 6.16. The molecule has 0 atom stereocenters. The number of rotatable bonds is 5. The molecule has 0 unspecified atom stereocenters. The maximum atomic E-state index is 12.1. The normalized spacial score (nSPS) is 14.7. The van der Waals surface area contributed by atoms with Gasteiger partial charge in [0.1, 0.15) is 12.4 Å². The summed E-state index contributed by atoms with van der Waals surface area (Å²) in [6, 6.07) is 12.3. The maximum Gasteiger partial charge on any atom is 0.363 e. The van der Waals surface area contributed by atoms with Crippen LogP contribution in [0.1, 0.15) is 16.9 Å². The summed E-state index contributed by atoms with van der Waals surface area (Å²) in [5.41, 5.74) is 1.78. The van der Waals surface area contributed by atoms with Crippen molar-refractivity contribution in [2.45, 2.75) is 6.61 Å². The van der Waals surface area contributed by atoms with E-state index >= 15 is 0 Å². The summed E-state index contributed by atoms with van der Waals surface area (Å²) >= 11 is 19.0. The van der Waals surface area contributed by atoms with Gasteiger partial charge in [0.15, 0.2) is 11.5 Å². The molecule has 1 aromatic heterocycles. The van der Waals surface area contributed by atoms with Crippen molar-refractivity contribution in [1.82, 2.24) is 0 Å². The minimum atomic E-state index is -0.548. The quantitative estimate of drug-likeness (QED) is 0.243. The van der Waals surface area contributed by atoms with E-state index < -0.39 is 5.97 Å². The van der Waals surface area contributed by atoms with E-state index in [4.69, 9.17) is 37.1 Å². The van der Waals surface area contributed by atoms with Crippen LogP contribution < -0.4 is 4.74 Å². The molecule has 4 rings (SSSR count). The van der Waals surface area contributed by atoms with Gasteiger partial charge in [-0.05, 0) is 85.5 Å². The zero-order chi connectivity index (χ0) is 21.3. The molecule has 2 aromatic carbocycles. The summed E-state index contributed by atoms with van der Waals surface area (Å²) in [6.07, 6.45) is 3.11. The van der Waals surface area contributed by atoms with Gasteiger partial charge in [-0.3, -0.25) is 0 Å². The molecule has 152 valence electrons. The first-order valence-corrected chi connectivity index (χ1v) is 10.9. The molecule has 1 aliphatic rings. The summed E-state index contributed by atoms with van der Waals surface area (Å²) in [6.45, 7) is 0.303. The molecular formula is C21H11Br2Cl2NO4. The van der Waals surface area contributed by atoms with Crippen molar-refractivity contribution in [2.24, 2.45) is 4.99 Å². The number of hydrogen-bond donors (Lipinski definition) is 0. The van der Waals surface area contributed by atoms with Crippen LogP contribution in [-0.2, 0) is 16.1 Å². The van der Waals surface area contributed by atoms with Gasteiger partial charge in [0.25, 0.3) is 5.90 Å². The highest BCUT2D eigenvalue weighted by Crippen LogP contribution is 2.36. The molecule has 0 amide bonds. The predicted octanol–water partition coefficient (Wildman–Crippen LogP) is 7.03. The zero-order valence-corrected chi connectivity index (χ0v) is 19.7. The van der Waals surface area contributed by atoms with Gasteiger partial charge in [0.2, 0.25) is 0 Å². The highest BCUT2D eigenvalue weighted by Gasteiger charge is 2.26. The van der Waals surface area contributed by atoms with E-state index in [9.17, 15) is 4.79 Å². The Balaban J connectivity index is 1.54. The van der Waals surface area contributed by atoms with E-state index in [1.165, 1.54) is 6.26 Å². The van der Waals surface area contributed by atoms with E-state index in [0.29, 0.717) is 37.1 Å². The molecule has 1 aliphatic heterocycles. The summed E-state index contributed by atoms with van der Waals surface area (Å²) in [5, 5.41) is 0.958. The van der Waals surface area contributed by atoms with Crippen molar-refractivity contribution in [3.8, 4) is 5.75 Å². The van der Waals surface area contributed by atoms with Crippen molar-refractivity contribution >= 4 is 73.0 Å². The Kier molecular flexibility index (Phi) is 6.34. The van der Waals surface area contributed by atoms with Crippen LogP contribution in [0.2, 0.25) is 10.0 Å². The first kappa shape index (κ1) is 21.2. The van der Waals surface area contributed by atoms with Crippen LogP contribution >= 0.6 is 55.1 Å². The summed E-state index contributed by atoms with van der Waals surface area (Å²) in [5.74, 6) is 0.585.